The van der Waals surface area contributed by atoms with Crippen LogP contribution < -0.4 is 0 Å². The summed E-state index contributed by atoms with van der Waals surface area (Å²) in [6, 6.07) is 8.53. The third-order valence-electron chi connectivity index (χ3n) is 3.03. The Kier molecular flexibility index (Phi) is 3.12. The molecule has 1 heterocycles. The minimum absolute atomic E-state index is 0.800. The first kappa shape index (κ1) is 11.6. The van der Waals surface area contributed by atoms with Gasteiger partial charge in [-0.15, -0.1) is 0 Å². The van der Waals surface area contributed by atoms with Crippen LogP contribution in [-0.2, 0) is 6.54 Å². The van der Waals surface area contributed by atoms with Crippen LogP contribution in [0.2, 0.25) is 0 Å². The van der Waals surface area contributed by atoms with Crippen LogP contribution >= 0.6 is 0 Å². The van der Waals surface area contributed by atoms with E-state index in [-0.39, 0.29) is 0 Å². The van der Waals surface area contributed by atoms with Gasteiger partial charge in [0.1, 0.15) is 18.9 Å². The summed E-state index contributed by atoms with van der Waals surface area (Å²) in [6.45, 7) is 8.52. The number of hydrogen-bond acceptors (Lipinski definition) is 0. The van der Waals surface area contributed by atoms with E-state index in [4.69, 9.17) is 0 Å². The van der Waals surface area contributed by atoms with Crippen LogP contribution in [0.5, 0.6) is 0 Å². The standard InChI is InChI=1S/C16H18N/c1-4-14-6-8-16(9-7-14)13-17(3)11-10-15(5-2)12-17/h4-12H,1-2,13H2,3H3/q+1. The quantitative estimate of drug-likeness (QED) is 0.681. The van der Waals surface area contributed by atoms with Crippen LogP contribution in [0.25, 0.3) is 6.08 Å². The Morgan fingerprint density at radius 2 is 1.82 bits per heavy atom. The molecule has 0 fully saturated rings. The maximum atomic E-state index is 3.80. The van der Waals surface area contributed by atoms with Crippen LogP contribution in [0.4, 0.5) is 0 Å². The molecule has 0 bridgehead atoms. The predicted molar refractivity (Wildman–Crippen MR) is 73.8 cm³/mol. The molecule has 0 amide bonds. The summed E-state index contributed by atoms with van der Waals surface area (Å²) in [7, 11) is 2.19. The van der Waals surface area contributed by atoms with Gasteiger partial charge in [-0.05, 0) is 5.56 Å². The zero-order valence-corrected chi connectivity index (χ0v) is 10.3. The van der Waals surface area contributed by atoms with Crippen molar-refractivity contribution < 1.29 is 4.48 Å². The van der Waals surface area contributed by atoms with Gasteiger partial charge in [0.05, 0.1) is 7.05 Å². The third-order valence-corrected chi connectivity index (χ3v) is 3.03. The molecule has 0 radical (unpaired) electrons. The van der Waals surface area contributed by atoms with E-state index < -0.39 is 0 Å². The molecule has 86 valence electrons. The van der Waals surface area contributed by atoms with Crippen molar-refractivity contribution >= 4 is 6.08 Å². The third kappa shape index (κ3) is 2.63. The number of allylic oxidation sites excluding steroid dienone is 3. The Balaban J connectivity index is 2.16. The molecule has 1 aromatic rings. The normalized spacial score (nSPS) is 22.3. The SMILES string of the molecule is C=CC1=C[N+](C)(Cc2ccc(C=C)cc2)C=C1. The van der Waals surface area contributed by atoms with Crippen LogP contribution in [0.1, 0.15) is 11.1 Å². The molecule has 1 nitrogen and oxygen atoms in total. The summed E-state index contributed by atoms with van der Waals surface area (Å²) < 4.78 is 0.800. The molecule has 1 aliphatic rings. The summed E-state index contributed by atoms with van der Waals surface area (Å²) >= 11 is 0. The highest BCUT2D eigenvalue weighted by Crippen LogP contribution is 2.22. The van der Waals surface area contributed by atoms with Crippen molar-refractivity contribution in [1.82, 2.24) is 0 Å². The molecule has 0 spiro atoms. The highest BCUT2D eigenvalue weighted by atomic mass is 15.3. The summed E-state index contributed by atoms with van der Waals surface area (Å²) in [5.74, 6) is 0. The number of nitrogens with zero attached hydrogens (tertiary/aromatic N) is 1. The van der Waals surface area contributed by atoms with Crippen molar-refractivity contribution in [3.63, 3.8) is 0 Å². The molecule has 0 saturated carbocycles. The maximum Gasteiger partial charge on any atom is 0.113 e. The summed E-state index contributed by atoms with van der Waals surface area (Å²) in [5, 5.41) is 0. The van der Waals surface area contributed by atoms with Crippen LogP contribution in [0.3, 0.4) is 0 Å². The lowest BCUT2D eigenvalue weighted by Crippen LogP contribution is -2.29. The van der Waals surface area contributed by atoms with Gasteiger partial charge in [-0.2, -0.15) is 0 Å². The average Bonchev–Trinajstić information content (AvgIpc) is 2.72. The second kappa shape index (κ2) is 4.56. The highest BCUT2D eigenvalue weighted by molar-refractivity contribution is 5.47. The fourth-order valence-electron chi connectivity index (χ4n) is 2.05. The molecule has 0 N–H and O–H groups in total. The zero-order chi connectivity index (χ0) is 12.3. The second-order valence-electron chi connectivity index (χ2n) is 4.60. The number of rotatable bonds is 4. The lowest BCUT2D eigenvalue weighted by molar-refractivity contribution is -0.818. The fraction of sp³-hybridized carbons (Fsp3) is 0.125. The van der Waals surface area contributed by atoms with E-state index >= 15 is 0 Å². The molecular weight excluding hydrogens is 206 g/mol. The van der Waals surface area contributed by atoms with E-state index in [0.29, 0.717) is 0 Å². The Hall–Kier alpha value is -1.86. The van der Waals surface area contributed by atoms with Gasteiger partial charge in [-0.25, -0.2) is 0 Å². The van der Waals surface area contributed by atoms with E-state index in [2.05, 4.69) is 62.9 Å². The molecule has 0 aliphatic carbocycles. The van der Waals surface area contributed by atoms with Gasteiger partial charge in [0.25, 0.3) is 0 Å². The first-order valence-corrected chi connectivity index (χ1v) is 5.76. The summed E-state index contributed by atoms with van der Waals surface area (Å²) in [6.07, 6.45) is 10.3. The van der Waals surface area contributed by atoms with E-state index in [9.17, 15) is 0 Å². The maximum absolute atomic E-state index is 3.80. The average molecular weight is 224 g/mol. The molecular formula is C16H18N+. The zero-order valence-electron chi connectivity index (χ0n) is 10.3. The lowest BCUT2D eigenvalue weighted by atomic mass is 10.1. The lowest BCUT2D eigenvalue weighted by Gasteiger charge is -2.23. The number of quaternary nitrogens is 1. The monoisotopic (exact) mass is 224 g/mol. The van der Waals surface area contributed by atoms with Gasteiger partial charge in [0, 0.05) is 17.2 Å². The van der Waals surface area contributed by atoms with Crippen molar-refractivity contribution in [3.05, 3.63) is 78.7 Å². The minimum Gasteiger partial charge on any atom is -0.269 e. The first-order valence-electron chi connectivity index (χ1n) is 5.76. The van der Waals surface area contributed by atoms with E-state index in [1.807, 2.05) is 12.2 Å². The largest absolute Gasteiger partial charge is 0.269 e. The molecule has 2 rings (SSSR count). The van der Waals surface area contributed by atoms with Gasteiger partial charge >= 0.3 is 0 Å². The molecule has 1 heteroatoms. The molecule has 1 unspecified atom stereocenters. The van der Waals surface area contributed by atoms with Gasteiger partial charge in [0.2, 0.25) is 0 Å². The van der Waals surface area contributed by atoms with Gasteiger partial charge in [-0.3, -0.25) is 4.48 Å². The Bertz CT molecular complexity index is 491. The van der Waals surface area contributed by atoms with Crippen molar-refractivity contribution in [1.29, 1.82) is 0 Å². The Morgan fingerprint density at radius 3 is 2.35 bits per heavy atom. The number of benzene rings is 1. The van der Waals surface area contributed by atoms with Crippen LogP contribution in [-0.4, -0.2) is 11.5 Å². The van der Waals surface area contributed by atoms with Gasteiger partial charge in [-0.1, -0.05) is 49.6 Å². The molecule has 17 heavy (non-hydrogen) atoms. The van der Waals surface area contributed by atoms with Crippen molar-refractivity contribution in [2.45, 2.75) is 6.54 Å². The number of hydrogen-bond donors (Lipinski definition) is 0. The topological polar surface area (TPSA) is 0 Å². The summed E-state index contributed by atoms with van der Waals surface area (Å²) in [5.41, 5.74) is 3.68. The Morgan fingerprint density at radius 1 is 1.12 bits per heavy atom. The fourth-order valence-corrected chi connectivity index (χ4v) is 2.05. The van der Waals surface area contributed by atoms with Gasteiger partial charge < -0.3 is 0 Å². The summed E-state index contributed by atoms with van der Waals surface area (Å²) in [4.78, 5) is 0. The van der Waals surface area contributed by atoms with E-state index in [1.165, 1.54) is 11.1 Å². The molecule has 1 aromatic carbocycles. The molecule has 1 atom stereocenters. The van der Waals surface area contributed by atoms with Gasteiger partial charge in [0.15, 0.2) is 0 Å². The minimum atomic E-state index is 0.800. The van der Waals surface area contributed by atoms with Crippen molar-refractivity contribution in [3.8, 4) is 0 Å². The van der Waals surface area contributed by atoms with Crippen LogP contribution in [0.15, 0.2) is 67.5 Å². The van der Waals surface area contributed by atoms with Crippen molar-refractivity contribution in [2.75, 3.05) is 7.05 Å². The van der Waals surface area contributed by atoms with Crippen molar-refractivity contribution in [2.24, 2.45) is 0 Å². The Labute approximate surface area is 103 Å². The van der Waals surface area contributed by atoms with E-state index in [0.717, 1.165) is 16.6 Å². The van der Waals surface area contributed by atoms with Crippen LogP contribution in [0, 0.1) is 0 Å². The first-order chi connectivity index (χ1) is 8.15. The molecule has 0 saturated heterocycles. The molecule has 1 aliphatic heterocycles. The predicted octanol–water partition coefficient (Wildman–Crippen LogP) is 3.87. The smallest absolute Gasteiger partial charge is 0.113 e. The highest BCUT2D eigenvalue weighted by Gasteiger charge is 2.21. The van der Waals surface area contributed by atoms with E-state index in [1.54, 1.807) is 0 Å². The molecule has 0 aromatic heterocycles. The second-order valence-corrected chi connectivity index (χ2v) is 4.60.